The quantitative estimate of drug-likeness (QED) is 0.508. The molecule has 0 unspecified atom stereocenters. The van der Waals surface area contributed by atoms with Crippen LogP contribution in [0.4, 0.5) is 0 Å². The van der Waals surface area contributed by atoms with Crippen LogP contribution >= 0.6 is 15.9 Å². The van der Waals surface area contributed by atoms with Gasteiger partial charge in [0.15, 0.2) is 11.5 Å². The molecule has 0 spiro atoms. The lowest BCUT2D eigenvalue weighted by molar-refractivity contribution is 0.300. The van der Waals surface area contributed by atoms with E-state index >= 15 is 0 Å². The molecular weight excluding hydrogens is 296 g/mol. The lowest BCUT2D eigenvalue weighted by atomic mass is 10.2. The van der Waals surface area contributed by atoms with Crippen molar-refractivity contribution in [3.05, 3.63) is 18.2 Å². The molecular formula is C14H21BrO3. The fraction of sp³-hybridized carbons (Fsp3) is 0.571. The van der Waals surface area contributed by atoms with Crippen LogP contribution in [0.3, 0.4) is 0 Å². The third-order valence-corrected chi connectivity index (χ3v) is 3.21. The van der Waals surface area contributed by atoms with Gasteiger partial charge in [0.2, 0.25) is 0 Å². The number of alkyl halides is 1. The molecule has 0 heterocycles. The van der Waals surface area contributed by atoms with Crippen LogP contribution in [0.2, 0.25) is 0 Å². The summed E-state index contributed by atoms with van der Waals surface area (Å²) in [6.07, 6.45) is 4.77. The summed E-state index contributed by atoms with van der Waals surface area (Å²) >= 11 is 3.43. The van der Waals surface area contributed by atoms with Gasteiger partial charge in [-0.1, -0.05) is 28.8 Å². The minimum atomic E-state index is 0.703. The summed E-state index contributed by atoms with van der Waals surface area (Å²) in [4.78, 5) is 0. The maximum absolute atomic E-state index is 5.68. The average molecular weight is 317 g/mol. The Morgan fingerprint density at radius 1 is 0.944 bits per heavy atom. The molecule has 0 saturated carbocycles. The molecule has 0 bridgehead atoms. The van der Waals surface area contributed by atoms with Crippen molar-refractivity contribution in [2.45, 2.75) is 25.7 Å². The molecule has 0 aliphatic rings. The molecule has 0 N–H and O–H groups in total. The highest BCUT2D eigenvalue weighted by molar-refractivity contribution is 9.09. The molecule has 0 saturated heterocycles. The molecule has 18 heavy (non-hydrogen) atoms. The number of ether oxygens (including phenoxy) is 3. The molecule has 0 aromatic heterocycles. The number of unbranched alkanes of at least 4 members (excludes halogenated alkanes) is 3. The first-order valence-electron chi connectivity index (χ1n) is 6.22. The second-order valence-electron chi connectivity index (χ2n) is 3.97. The Kier molecular flexibility index (Phi) is 7.65. The Labute approximate surface area is 118 Å². The molecule has 3 nitrogen and oxygen atoms in total. The van der Waals surface area contributed by atoms with E-state index in [0.717, 1.165) is 29.9 Å². The standard InChI is InChI=1S/C14H21BrO3/c1-16-13-8-7-12(11-14(13)17-2)18-10-6-4-3-5-9-15/h7-8,11H,3-6,9-10H2,1-2H3. The van der Waals surface area contributed by atoms with Crippen LogP contribution in [0.1, 0.15) is 25.7 Å². The van der Waals surface area contributed by atoms with Crippen LogP contribution in [-0.4, -0.2) is 26.2 Å². The lowest BCUT2D eigenvalue weighted by Gasteiger charge is -2.10. The van der Waals surface area contributed by atoms with Crippen molar-refractivity contribution in [3.63, 3.8) is 0 Å². The third-order valence-electron chi connectivity index (χ3n) is 2.65. The van der Waals surface area contributed by atoms with Crippen LogP contribution in [0, 0.1) is 0 Å². The molecule has 0 atom stereocenters. The Morgan fingerprint density at radius 3 is 2.33 bits per heavy atom. The predicted octanol–water partition coefficient (Wildman–Crippen LogP) is 4.04. The first kappa shape index (κ1) is 15.2. The number of hydrogen-bond acceptors (Lipinski definition) is 3. The highest BCUT2D eigenvalue weighted by Crippen LogP contribution is 2.30. The second-order valence-corrected chi connectivity index (χ2v) is 4.76. The lowest BCUT2D eigenvalue weighted by Crippen LogP contribution is -1.98. The van der Waals surface area contributed by atoms with Gasteiger partial charge in [-0.05, 0) is 25.0 Å². The number of benzene rings is 1. The van der Waals surface area contributed by atoms with E-state index in [9.17, 15) is 0 Å². The summed E-state index contributed by atoms with van der Waals surface area (Å²) in [6.45, 7) is 0.748. The van der Waals surface area contributed by atoms with Gasteiger partial charge in [0.05, 0.1) is 20.8 Å². The zero-order chi connectivity index (χ0) is 13.2. The van der Waals surface area contributed by atoms with Gasteiger partial charge in [-0.2, -0.15) is 0 Å². The fourth-order valence-corrected chi connectivity index (χ4v) is 2.04. The van der Waals surface area contributed by atoms with Crippen LogP contribution < -0.4 is 14.2 Å². The van der Waals surface area contributed by atoms with E-state index in [1.165, 1.54) is 19.3 Å². The number of hydrogen-bond donors (Lipinski definition) is 0. The largest absolute Gasteiger partial charge is 0.493 e. The van der Waals surface area contributed by atoms with Gasteiger partial charge < -0.3 is 14.2 Å². The van der Waals surface area contributed by atoms with Crippen LogP contribution in [-0.2, 0) is 0 Å². The van der Waals surface area contributed by atoms with E-state index < -0.39 is 0 Å². The topological polar surface area (TPSA) is 27.7 Å². The number of halogens is 1. The molecule has 4 heteroatoms. The van der Waals surface area contributed by atoms with Crippen LogP contribution in [0.25, 0.3) is 0 Å². The molecule has 0 aliphatic heterocycles. The predicted molar refractivity (Wildman–Crippen MR) is 77.3 cm³/mol. The first-order chi connectivity index (χ1) is 8.81. The van der Waals surface area contributed by atoms with Crippen molar-refractivity contribution >= 4 is 15.9 Å². The molecule has 1 rings (SSSR count). The molecule has 1 aromatic carbocycles. The third kappa shape index (κ3) is 5.17. The number of methoxy groups -OCH3 is 2. The van der Waals surface area contributed by atoms with Crippen LogP contribution in [0.5, 0.6) is 17.2 Å². The Balaban J connectivity index is 2.34. The Morgan fingerprint density at radius 2 is 1.67 bits per heavy atom. The molecule has 0 aliphatic carbocycles. The van der Waals surface area contributed by atoms with Gasteiger partial charge in [0.25, 0.3) is 0 Å². The van der Waals surface area contributed by atoms with Gasteiger partial charge in [-0.15, -0.1) is 0 Å². The van der Waals surface area contributed by atoms with E-state index in [2.05, 4.69) is 15.9 Å². The summed E-state index contributed by atoms with van der Waals surface area (Å²) in [7, 11) is 3.25. The van der Waals surface area contributed by atoms with Crippen molar-refractivity contribution < 1.29 is 14.2 Å². The monoisotopic (exact) mass is 316 g/mol. The normalized spacial score (nSPS) is 10.2. The van der Waals surface area contributed by atoms with Gasteiger partial charge in [-0.25, -0.2) is 0 Å². The highest BCUT2D eigenvalue weighted by atomic mass is 79.9. The van der Waals surface area contributed by atoms with E-state index in [1.54, 1.807) is 14.2 Å². The molecule has 1 aromatic rings. The summed E-state index contributed by atoms with van der Waals surface area (Å²) in [5, 5.41) is 1.09. The van der Waals surface area contributed by atoms with Gasteiger partial charge in [-0.3, -0.25) is 0 Å². The molecule has 0 amide bonds. The zero-order valence-corrected chi connectivity index (χ0v) is 12.7. The molecule has 0 radical (unpaired) electrons. The van der Waals surface area contributed by atoms with E-state index in [-0.39, 0.29) is 0 Å². The maximum Gasteiger partial charge on any atom is 0.164 e. The SMILES string of the molecule is COc1ccc(OCCCCCCBr)cc1OC. The number of rotatable bonds is 9. The second kappa shape index (κ2) is 9.09. The average Bonchev–Trinajstić information content (AvgIpc) is 2.42. The maximum atomic E-state index is 5.68. The van der Waals surface area contributed by atoms with Crippen molar-refractivity contribution in [1.29, 1.82) is 0 Å². The van der Waals surface area contributed by atoms with E-state index in [0.29, 0.717) is 5.75 Å². The highest BCUT2D eigenvalue weighted by Gasteiger charge is 2.04. The minimum Gasteiger partial charge on any atom is -0.493 e. The van der Waals surface area contributed by atoms with Crippen LogP contribution in [0.15, 0.2) is 18.2 Å². The minimum absolute atomic E-state index is 0.703. The summed E-state index contributed by atoms with van der Waals surface area (Å²) in [6, 6.07) is 5.62. The Hall–Kier alpha value is -0.900. The van der Waals surface area contributed by atoms with Gasteiger partial charge >= 0.3 is 0 Å². The van der Waals surface area contributed by atoms with Gasteiger partial charge in [0.1, 0.15) is 5.75 Å². The molecule has 0 fully saturated rings. The van der Waals surface area contributed by atoms with Crippen molar-refractivity contribution in [2.24, 2.45) is 0 Å². The molecule has 102 valence electrons. The van der Waals surface area contributed by atoms with E-state index in [1.807, 2.05) is 18.2 Å². The Bertz CT molecular complexity index is 342. The van der Waals surface area contributed by atoms with E-state index in [4.69, 9.17) is 14.2 Å². The smallest absolute Gasteiger partial charge is 0.164 e. The fourth-order valence-electron chi connectivity index (χ4n) is 1.65. The first-order valence-corrected chi connectivity index (χ1v) is 7.34. The van der Waals surface area contributed by atoms with Crippen molar-refractivity contribution in [1.82, 2.24) is 0 Å². The van der Waals surface area contributed by atoms with Gasteiger partial charge in [0, 0.05) is 11.4 Å². The van der Waals surface area contributed by atoms with Crippen molar-refractivity contribution in [2.75, 3.05) is 26.2 Å². The summed E-state index contributed by atoms with van der Waals surface area (Å²) < 4.78 is 16.1. The summed E-state index contributed by atoms with van der Waals surface area (Å²) in [5.74, 6) is 2.25. The van der Waals surface area contributed by atoms with Crippen molar-refractivity contribution in [3.8, 4) is 17.2 Å². The summed E-state index contributed by atoms with van der Waals surface area (Å²) in [5.41, 5.74) is 0. The zero-order valence-electron chi connectivity index (χ0n) is 11.1.